The molecule has 4 heteroatoms. The molecular formula is C17H19NO2S. The van der Waals surface area contributed by atoms with Crippen molar-refractivity contribution < 1.29 is 9.59 Å². The molecule has 0 aliphatic carbocycles. The predicted octanol–water partition coefficient (Wildman–Crippen LogP) is 3.63. The molecule has 2 rings (SSSR count). The Balaban J connectivity index is 1.71. The fraction of sp³-hybridized carbons (Fsp3) is 0.294. The Labute approximate surface area is 129 Å². The summed E-state index contributed by atoms with van der Waals surface area (Å²) in [5.74, 6) is 0.238. The van der Waals surface area contributed by atoms with Crippen LogP contribution in [-0.4, -0.2) is 18.2 Å². The molecule has 1 atom stereocenters. The molecule has 1 N–H and O–H groups in total. The van der Waals surface area contributed by atoms with Gasteiger partial charge in [-0.15, -0.1) is 11.3 Å². The topological polar surface area (TPSA) is 46.2 Å². The monoisotopic (exact) mass is 301 g/mol. The van der Waals surface area contributed by atoms with E-state index in [1.54, 1.807) is 6.07 Å². The van der Waals surface area contributed by atoms with Crippen LogP contribution in [-0.2, 0) is 4.79 Å². The Kier molecular flexibility index (Phi) is 5.69. The molecule has 1 aromatic carbocycles. The van der Waals surface area contributed by atoms with E-state index in [0.29, 0.717) is 6.54 Å². The smallest absolute Gasteiger partial charge is 0.220 e. The number of nitrogens with one attached hydrogen (secondary N) is 1. The summed E-state index contributed by atoms with van der Waals surface area (Å²) in [5.41, 5.74) is 1.20. The number of carbonyl (C=O) groups is 2. The molecule has 0 saturated carbocycles. The van der Waals surface area contributed by atoms with Crippen molar-refractivity contribution in [2.75, 3.05) is 6.54 Å². The third kappa shape index (κ3) is 4.83. The molecule has 1 amide bonds. The lowest BCUT2D eigenvalue weighted by atomic mass is 10.0. The van der Waals surface area contributed by atoms with Crippen molar-refractivity contribution >= 4 is 23.0 Å². The number of carbonyl (C=O) groups excluding carboxylic acids is 2. The Morgan fingerprint density at radius 3 is 2.52 bits per heavy atom. The number of thiophene rings is 1. The highest BCUT2D eigenvalue weighted by Gasteiger charge is 2.11. The van der Waals surface area contributed by atoms with E-state index in [9.17, 15) is 9.59 Å². The first kappa shape index (κ1) is 15.4. The van der Waals surface area contributed by atoms with Crippen LogP contribution in [0.5, 0.6) is 0 Å². The average Bonchev–Trinajstić information content (AvgIpc) is 3.05. The predicted molar refractivity (Wildman–Crippen MR) is 85.8 cm³/mol. The Morgan fingerprint density at radius 1 is 1.10 bits per heavy atom. The van der Waals surface area contributed by atoms with Crippen LogP contribution in [0.25, 0.3) is 0 Å². The van der Waals surface area contributed by atoms with Gasteiger partial charge in [-0.1, -0.05) is 43.3 Å². The van der Waals surface area contributed by atoms with Crippen LogP contribution in [0.15, 0.2) is 47.8 Å². The lowest BCUT2D eigenvalue weighted by Crippen LogP contribution is -2.27. The fourth-order valence-electron chi connectivity index (χ4n) is 2.04. The van der Waals surface area contributed by atoms with Gasteiger partial charge in [-0.3, -0.25) is 9.59 Å². The zero-order chi connectivity index (χ0) is 15.1. The van der Waals surface area contributed by atoms with Crippen LogP contribution in [0.2, 0.25) is 0 Å². The average molecular weight is 301 g/mol. The van der Waals surface area contributed by atoms with E-state index < -0.39 is 0 Å². The molecule has 0 radical (unpaired) electrons. The summed E-state index contributed by atoms with van der Waals surface area (Å²) in [6, 6.07) is 13.7. The van der Waals surface area contributed by atoms with Gasteiger partial charge in [0.25, 0.3) is 0 Å². The minimum atomic E-state index is -0.0670. The van der Waals surface area contributed by atoms with Crippen molar-refractivity contribution in [1.29, 1.82) is 0 Å². The number of benzene rings is 1. The molecule has 0 saturated heterocycles. The molecule has 1 aromatic heterocycles. The van der Waals surface area contributed by atoms with E-state index in [-0.39, 0.29) is 30.4 Å². The largest absolute Gasteiger partial charge is 0.355 e. The van der Waals surface area contributed by atoms with Crippen molar-refractivity contribution in [3.8, 4) is 0 Å². The van der Waals surface area contributed by atoms with Gasteiger partial charge >= 0.3 is 0 Å². The minimum Gasteiger partial charge on any atom is -0.355 e. The molecule has 0 aliphatic rings. The third-order valence-electron chi connectivity index (χ3n) is 3.35. The molecule has 0 bridgehead atoms. The zero-order valence-corrected chi connectivity index (χ0v) is 12.9. The van der Waals surface area contributed by atoms with Crippen LogP contribution in [0, 0.1) is 0 Å². The lowest BCUT2D eigenvalue weighted by molar-refractivity contribution is -0.121. The number of Topliss-reactive ketones (excluding diaryl/α,β-unsaturated/α-hetero) is 1. The van der Waals surface area contributed by atoms with E-state index in [0.717, 1.165) is 4.88 Å². The summed E-state index contributed by atoms with van der Waals surface area (Å²) in [6.07, 6.45) is 0.518. The van der Waals surface area contributed by atoms with Crippen LogP contribution >= 0.6 is 11.3 Å². The van der Waals surface area contributed by atoms with Gasteiger partial charge in [0.2, 0.25) is 5.91 Å². The van der Waals surface area contributed by atoms with E-state index >= 15 is 0 Å². The van der Waals surface area contributed by atoms with Crippen molar-refractivity contribution in [1.82, 2.24) is 5.32 Å². The molecule has 0 spiro atoms. The Bertz CT molecular complexity index is 578. The maximum absolute atomic E-state index is 11.8. The Hall–Kier alpha value is -1.94. The highest BCUT2D eigenvalue weighted by Crippen LogP contribution is 2.14. The van der Waals surface area contributed by atoms with Gasteiger partial charge in [0.05, 0.1) is 4.88 Å². The van der Waals surface area contributed by atoms with Crippen molar-refractivity contribution in [2.45, 2.75) is 25.7 Å². The quantitative estimate of drug-likeness (QED) is 0.794. The summed E-state index contributed by atoms with van der Waals surface area (Å²) in [4.78, 5) is 24.3. The first-order valence-electron chi connectivity index (χ1n) is 7.05. The molecule has 21 heavy (non-hydrogen) atoms. The maximum atomic E-state index is 11.8. The summed E-state index contributed by atoms with van der Waals surface area (Å²) in [6.45, 7) is 2.67. The van der Waals surface area contributed by atoms with Gasteiger partial charge in [-0.25, -0.2) is 0 Å². The van der Waals surface area contributed by atoms with Crippen molar-refractivity contribution in [3.63, 3.8) is 0 Å². The second kappa shape index (κ2) is 7.74. The lowest BCUT2D eigenvalue weighted by Gasteiger charge is -2.12. The maximum Gasteiger partial charge on any atom is 0.220 e. The minimum absolute atomic E-state index is 0.0382. The Morgan fingerprint density at radius 2 is 1.86 bits per heavy atom. The number of amides is 1. The summed E-state index contributed by atoms with van der Waals surface area (Å²) in [7, 11) is 0. The van der Waals surface area contributed by atoms with Gasteiger partial charge in [-0.2, -0.15) is 0 Å². The van der Waals surface area contributed by atoms with E-state index in [1.807, 2.05) is 29.6 Å². The fourth-order valence-corrected chi connectivity index (χ4v) is 2.74. The van der Waals surface area contributed by atoms with E-state index in [1.165, 1.54) is 16.9 Å². The number of rotatable bonds is 7. The molecular weight excluding hydrogens is 282 g/mol. The van der Waals surface area contributed by atoms with Gasteiger partial charge in [0.15, 0.2) is 5.78 Å². The van der Waals surface area contributed by atoms with E-state index in [2.05, 4.69) is 24.4 Å². The second-order valence-corrected chi connectivity index (χ2v) is 5.96. The highest BCUT2D eigenvalue weighted by molar-refractivity contribution is 7.12. The number of hydrogen-bond donors (Lipinski definition) is 1. The summed E-state index contributed by atoms with van der Waals surface area (Å²) in [5, 5.41) is 4.76. The summed E-state index contributed by atoms with van der Waals surface area (Å²) >= 11 is 1.42. The SMILES string of the molecule is C[C@@H](CNC(=O)CCC(=O)c1cccs1)c1ccccc1. The van der Waals surface area contributed by atoms with Gasteiger partial charge in [0.1, 0.15) is 0 Å². The van der Waals surface area contributed by atoms with Gasteiger partial charge in [0, 0.05) is 19.4 Å². The molecule has 2 aromatic rings. The van der Waals surface area contributed by atoms with Crippen LogP contribution < -0.4 is 5.32 Å². The molecule has 0 aliphatic heterocycles. The molecule has 110 valence electrons. The number of hydrogen-bond acceptors (Lipinski definition) is 3. The van der Waals surface area contributed by atoms with Crippen LogP contribution in [0.1, 0.15) is 40.9 Å². The molecule has 0 unspecified atom stereocenters. The molecule has 0 fully saturated rings. The summed E-state index contributed by atoms with van der Waals surface area (Å²) < 4.78 is 0. The number of ketones is 1. The second-order valence-electron chi connectivity index (χ2n) is 5.02. The normalized spacial score (nSPS) is 11.9. The first-order valence-corrected chi connectivity index (χ1v) is 7.93. The van der Waals surface area contributed by atoms with Crippen molar-refractivity contribution in [3.05, 3.63) is 58.3 Å². The van der Waals surface area contributed by atoms with Crippen molar-refractivity contribution in [2.24, 2.45) is 0 Å². The standard InChI is InChI=1S/C17H19NO2S/c1-13(14-6-3-2-4-7-14)12-18-17(20)10-9-15(19)16-8-5-11-21-16/h2-8,11,13H,9-10,12H2,1H3,(H,18,20)/t13-/m0/s1. The van der Waals surface area contributed by atoms with E-state index in [4.69, 9.17) is 0 Å². The highest BCUT2D eigenvalue weighted by atomic mass is 32.1. The first-order chi connectivity index (χ1) is 10.2. The van der Waals surface area contributed by atoms with Gasteiger partial charge < -0.3 is 5.32 Å². The zero-order valence-electron chi connectivity index (χ0n) is 12.0. The molecule has 3 nitrogen and oxygen atoms in total. The van der Waals surface area contributed by atoms with Gasteiger partial charge in [-0.05, 0) is 22.9 Å². The van der Waals surface area contributed by atoms with Crippen LogP contribution in [0.3, 0.4) is 0 Å². The molecule has 1 heterocycles. The van der Waals surface area contributed by atoms with Crippen LogP contribution in [0.4, 0.5) is 0 Å². The third-order valence-corrected chi connectivity index (χ3v) is 4.26.